The lowest BCUT2D eigenvalue weighted by Crippen LogP contribution is -2.29. The Hall–Kier alpha value is -2.42. The molecule has 2 aromatic carbocycles. The van der Waals surface area contributed by atoms with Crippen molar-refractivity contribution in [2.24, 2.45) is 0 Å². The van der Waals surface area contributed by atoms with Crippen LogP contribution in [0.1, 0.15) is 17.3 Å². The predicted molar refractivity (Wildman–Crippen MR) is 105 cm³/mol. The van der Waals surface area contributed by atoms with E-state index in [4.69, 9.17) is 20.9 Å². The van der Waals surface area contributed by atoms with Crippen molar-refractivity contribution in [3.05, 3.63) is 70.8 Å². The van der Waals surface area contributed by atoms with Gasteiger partial charge in [-0.3, -0.25) is 0 Å². The molecule has 0 N–H and O–H groups in total. The molecule has 0 atom stereocenters. The molecule has 0 saturated heterocycles. The van der Waals surface area contributed by atoms with Gasteiger partial charge in [0.2, 0.25) is 10.0 Å². The van der Waals surface area contributed by atoms with Crippen LogP contribution >= 0.6 is 11.6 Å². The van der Waals surface area contributed by atoms with Gasteiger partial charge in [0.25, 0.3) is 5.89 Å². The molecule has 0 fully saturated rings. The first-order valence-corrected chi connectivity index (χ1v) is 10.4. The molecule has 1 heterocycles. The van der Waals surface area contributed by atoms with Crippen LogP contribution in [0.5, 0.6) is 5.75 Å². The lowest BCUT2D eigenvalue weighted by Gasteiger charge is -2.16. The Morgan fingerprint density at radius 1 is 1.18 bits per heavy atom. The number of likely N-dealkylation sites (N-methyl/N-ethyl adjacent to an activating group) is 1. The minimum absolute atomic E-state index is 0.148. The zero-order chi connectivity index (χ0) is 20.1. The molecule has 1 aromatic heterocycles. The predicted octanol–water partition coefficient (Wildman–Crippen LogP) is 3.47. The van der Waals surface area contributed by atoms with Crippen molar-refractivity contribution in [2.45, 2.75) is 24.8 Å². The monoisotopic (exact) mass is 421 g/mol. The third kappa shape index (κ3) is 5.09. The molecule has 0 aliphatic heterocycles. The van der Waals surface area contributed by atoms with Crippen LogP contribution in [-0.2, 0) is 23.1 Å². The van der Waals surface area contributed by atoms with Crippen LogP contribution in [0.4, 0.5) is 0 Å². The maximum Gasteiger partial charge on any atom is 0.264 e. The Labute approximate surface area is 168 Å². The van der Waals surface area contributed by atoms with E-state index in [1.807, 2.05) is 31.2 Å². The highest BCUT2D eigenvalue weighted by atomic mass is 35.5. The highest BCUT2D eigenvalue weighted by Gasteiger charge is 2.21. The number of sulfonamides is 1. The van der Waals surface area contributed by atoms with Crippen molar-refractivity contribution >= 4 is 21.6 Å². The number of benzene rings is 2. The van der Waals surface area contributed by atoms with Crippen LogP contribution in [0.25, 0.3) is 0 Å². The van der Waals surface area contributed by atoms with Crippen molar-refractivity contribution in [1.29, 1.82) is 0 Å². The van der Waals surface area contributed by atoms with E-state index in [9.17, 15) is 8.42 Å². The van der Waals surface area contributed by atoms with E-state index in [0.717, 1.165) is 5.56 Å². The average Bonchev–Trinajstić information content (AvgIpc) is 3.13. The summed E-state index contributed by atoms with van der Waals surface area (Å²) >= 11 is 5.81. The van der Waals surface area contributed by atoms with Crippen LogP contribution in [0.2, 0.25) is 5.02 Å². The third-order valence-electron chi connectivity index (χ3n) is 4.03. The molecular formula is C19H20ClN3O4S. The van der Waals surface area contributed by atoms with Gasteiger partial charge < -0.3 is 9.26 Å². The van der Waals surface area contributed by atoms with E-state index in [0.29, 0.717) is 28.9 Å². The van der Waals surface area contributed by atoms with Crippen LogP contribution in [0.15, 0.2) is 57.9 Å². The molecule has 0 aliphatic carbocycles. The molecular weight excluding hydrogens is 402 g/mol. The van der Waals surface area contributed by atoms with Gasteiger partial charge in [0, 0.05) is 25.0 Å². The minimum atomic E-state index is -3.61. The number of aryl methyl sites for hydroxylation is 1. The average molecular weight is 422 g/mol. The fraction of sp³-hybridized carbons (Fsp3) is 0.263. The summed E-state index contributed by atoms with van der Waals surface area (Å²) in [6, 6.07) is 13.7. The van der Waals surface area contributed by atoms with Gasteiger partial charge in [0.1, 0.15) is 5.75 Å². The minimum Gasteiger partial charge on any atom is -0.484 e. The van der Waals surface area contributed by atoms with Gasteiger partial charge >= 0.3 is 0 Å². The van der Waals surface area contributed by atoms with Crippen molar-refractivity contribution in [3.63, 3.8) is 0 Å². The highest BCUT2D eigenvalue weighted by molar-refractivity contribution is 7.89. The number of halogens is 1. The summed E-state index contributed by atoms with van der Waals surface area (Å²) in [7, 11) is -2.10. The van der Waals surface area contributed by atoms with E-state index in [1.165, 1.54) is 23.5 Å². The Kier molecular flexibility index (Phi) is 6.33. The summed E-state index contributed by atoms with van der Waals surface area (Å²) in [6.07, 6.45) is 0.317. The van der Waals surface area contributed by atoms with Gasteiger partial charge in [-0.25, -0.2) is 12.7 Å². The van der Waals surface area contributed by atoms with E-state index in [-0.39, 0.29) is 18.0 Å². The molecule has 7 nitrogen and oxygen atoms in total. The number of rotatable bonds is 8. The number of aromatic nitrogens is 2. The molecule has 0 spiro atoms. The van der Waals surface area contributed by atoms with E-state index < -0.39 is 10.0 Å². The summed E-state index contributed by atoms with van der Waals surface area (Å²) in [4.78, 5) is 4.42. The molecule has 28 heavy (non-hydrogen) atoms. The van der Waals surface area contributed by atoms with Crippen LogP contribution in [-0.4, -0.2) is 36.5 Å². The summed E-state index contributed by atoms with van der Waals surface area (Å²) < 4.78 is 37.1. The topological polar surface area (TPSA) is 85.5 Å². The maximum absolute atomic E-state index is 12.6. The largest absolute Gasteiger partial charge is 0.484 e. The maximum atomic E-state index is 12.6. The van der Waals surface area contributed by atoms with Crippen molar-refractivity contribution in [1.82, 2.24) is 14.4 Å². The Bertz CT molecular complexity index is 1040. The van der Waals surface area contributed by atoms with Gasteiger partial charge in [0.15, 0.2) is 12.4 Å². The Balaban J connectivity index is 1.55. The molecule has 0 amide bonds. The van der Waals surface area contributed by atoms with E-state index >= 15 is 0 Å². The first kappa shape index (κ1) is 20.3. The first-order chi connectivity index (χ1) is 13.3. The summed E-state index contributed by atoms with van der Waals surface area (Å²) in [5, 5.41) is 4.36. The molecule has 0 bridgehead atoms. The van der Waals surface area contributed by atoms with Gasteiger partial charge in [-0.05, 0) is 48.9 Å². The molecule has 0 saturated carbocycles. The molecule has 3 aromatic rings. The van der Waals surface area contributed by atoms with Gasteiger partial charge in [-0.1, -0.05) is 28.9 Å². The second kappa shape index (κ2) is 8.72. The van der Waals surface area contributed by atoms with Crippen molar-refractivity contribution in [2.75, 3.05) is 13.6 Å². The third-order valence-corrected chi connectivity index (χ3v) is 6.16. The van der Waals surface area contributed by atoms with E-state index in [1.54, 1.807) is 12.1 Å². The SMILES string of the molecule is Cc1cccc(OCc2nc(CCN(C)S(=O)(=O)c3ccc(Cl)cc3)no2)c1. The van der Waals surface area contributed by atoms with Crippen LogP contribution < -0.4 is 4.74 Å². The number of hydrogen-bond acceptors (Lipinski definition) is 6. The lowest BCUT2D eigenvalue weighted by molar-refractivity contribution is 0.242. The Morgan fingerprint density at radius 2 is 1.93 bits per heavy atom. The highest BCUT2D eigenvalue weighted by Crippen LogP contribution is 2.18. The fourth-order valence-corrected chi connectivity index (χ4v) is 3.76. The molecule has 9 heteroatoms. The van der Waals surface area contributed by atoms with Gasteiger partial charge in [-0.15, -0.1) is 0 Å². The second-order valence-electron chi connectivity index (χ2n) is 6.24. The van der Waals surface area contributed by atoms with E-state index in [2.05, 4.69) is 10.1 Å². The zero-order valence-corrected chi connectivity index (χ0v) is 17.1. The Morgan fingerprint density at radius 3 is 2.64 bits per heavy atom. The van der Waals surface area contributed by atoms with Crippen molar-refractivity contribution in [3.8, 4) is 5.75 Å². The summed E-state index contributed by atoms with van der Waals surface area (Å²) in [6.45, 7) is 2.34. The smallest absolute Gasteiger partial charge is 0.264 e. The van der Waals surface area contributed by atoms with Crippen molar-refractivity contribution < 1.29 is 17.7 Å². The standard InChI is InChI=1S/C19H20ClN3O4S/c1-14-4-3-5-16(12-14)26-13-19-21-18(22-27-19)10-11-23(2)28(24,25)17-8-6-15(20)7-9-17/h3-9,12H,10-11,13H2,1-2H3. The lowest BCUT2D eigenvalue weighted by atomic mass is 10.2. The van der Waals surface area contributed by atoms with Crippen LogP contribution in [0.3, 0.4) is 0 Å². The molecule has 3 rings (SSSR count). The van der Waals surface area contributed by atoms with Gasteiger partial charge in [0.05, 0.1) is 4.90 Å². The first-order valence-electron chi connectivity index (χ1n) is 8.57. The van der Waals surface area contributed by atoms with Crippen LogP contribution in [0, 0.1) is 6.92 Å². The molecule has 0 aliphatic rings. The summed E-state index contributed by atoms with van der Waals surface area (Å²) in [5.41, 5.74) is 1.09. The number of hydrogen-bond donors (Lipinski definition) is 0. The fourth-order valence-electron chi connectivity index (χ4n) is 2.46. The zero-order valence-electron chi connectivity index (χ0n) is 15.5. The number of ether oxygens (including phenoxy) is 1. The molecule has 0 radical (unpaired) electrons. The number of nitrogens with zero attached hydrogens (tertiary/aromatic N) is 3. The molecule has 0 unspecified atom stereocenters. The molecule has 148 valence electrons. The summed E-state index contributed by atoms with van der Waals surface area (Å²) in [5.74, 6) is 1.47. The quantitative estimate of drug-likeness (QED) is 0.553. The second-order valence-corrected chi connectivity index (χ2v) is 8.72. The normalized spacial score (nSPS) is 11.7. The van der Waals surface area contributed by atoms with Gasteiger partial charge in [-0.2, -0.15) is 4.98 Å².